The van der Waals surface area contributed by atoms with Crippen LogP contribution in [-0.4, -0.2) is 0 Å². The molecule has 0 saturated carbocycles. The van der Waals surface area contributed by atoms with Crippen LogP contribution >= 0.6 is 0 Å². The lowest BCUT2D eigenvalue weighted by Gasteiger charge is -2.12. The first kappa shape index (κ1) is 15.7. The van der Waals surface area contributed by atoms with Crippen molar-refractivity contribution in [2.75, 3.05) is 0 Å². The summed E-state index contributed by atoms with van der Waals surface area (Å²) in [6, 6.07) is 0. The molecule has 0 aromatic carbocycles. The Morgan fingerprint density at radius 2 is 1.24 bits per heavy atom. The minimum Gasteiger partial charge on any atom is -0.0958 e. The van der Waals surface area contributed by atoms with Gasteiger partial charge >= 0.3 is 0 Å². The SMILES string of the molecule is C=C(C)C(C)=C(C)C(=C)C(C)=CC(C)=C(C)C. The van der Waals surface area contributed by atoms with Crippen molar-refractivity contribution < 1.29 is 0 Å². The van der Waals surface area contributed by atoms with E-state index in [4.69, 9.17) is 0 Å². The van der Waals surface area contributed by atoms with Crippen molar-refractivity contribution in [2.45, 2.75) is 48.5 Å². The average Bonchev–Trinajstić information content (AvgIpc) is 2.25. The van der Waals surface area contributed by atoms with Crippen LogP contribution in [0.15, 0.2) is 58.2 Å². The van der Waals surface area contributed by atoms with Crippen LogP contribution in [0.2, 0.25) is 0 Å². The van der Waals surface area contributed by atoms with E-state index in [0.717, 1.165) is 11.1 Å². The second-order valence-electron chi connectivity index (χ2n) is 5.02. The lowest BCUT2D eigenvalue weighted by atomic mass is 9.94. The van der Waals surface area contributed by atoms with Crippen molar-refractivity contribution in [2.24, 2.45) is 0 Å². The van der Waals surface area contributed by atoms with E-state index < -0.39 is 0 Å². The van der Waals surface area contributed by atoms with Crippen LogP contribution in [0.1, 0.15) is 48.5 Å². The minimum atomic E-state index is 1.10. The first-order chi connectivity index (χ1) is 7.68. The molecular formula is C17H26. The molecule has 0 heterocycles. The molecule has 0 saturated heterocycles. The molecule has 0 nitrogen and oxygen atoms in total. The molecule has 0 radical (unpaired) electrons. The van der Waals surface area contributed by atoms with Crippen molar-refractivity contribution in [1.29, 1.82) is 0 Å². The zero-order valence-corrected chi connectivity index (χ0v) is 12.5. The van der Waals surface area contributed by atoms with Crippen molar-refractivity contribution in [3.8, 4) is 0 Å². The van der Waals surface area contributed by atoms with Crippen LogP contribution in [-0.2, 0) is 0 Å². The van der Waals surface area contributed by atoms with Gasteiger partial charge in [-0.1, -0.05) is 36.0 Å². The smallest absolute Gasteiger partial charge is 0.0267 e. The van der Waals surface area contributed by atoms with Crippen LogP contribution in [0, 0.1) is 0 Å². The molecule has 0 spiro atoms. The molecular weight excluding hydrogens is 204 g/mol. The van der Waals surface area contributed by atoms with Crippen LogP contribution < -0.4 is 0 Å². The summed E-state index contributed by atoms with van der Waals surface area (Å²) in [6.07, 6.45) is 2.20. The molecule has 0 aliphatic heterocycles. The maximum atomic E-state index is 4.18. The molecule has 0 amide bonds. The molecule has 0 unspecified atom stereocenters. The molecule has 0 fully saturated rings. The summed E-state index contributed by atoms with van der Waals surface area (Å²) in [7, 11) is 0. The van der Waals surface area contributed by atoms with E-state index in [1.807, 2.05) is 6.92 Å². The van der Waals surface area contributed by atoms with Gasteiger partial charge in [-0.15, -0.1) is 0 Å². The van der Waals surface area contributed by atoms with Gasteiger partial charge in [0.1, 0.15) is 0 Å². The van der Waals surface area contributed by atoms with Crippen LogP contribution in [0.4, 0.5) is 0 Å². The molecule has 0 aromatic rings. The topological polar surface area (TPSA) is 0 Å². The molecule has 17 heavy (non-hydrogen) atoms. The molecule has 0 bridgehead atoms. The summed E-state index contributed by atoms with van der Waals surface area (Å²) in [4.78, 5) is 0. The zero-order valence-electron chi connectivity index (χ0n) is 12.5. The van der Waals surface area contributed by atoms with Gasteiger partial charge in [-0.05, 0) is 70.8 Å². The first-order valence-corrected chi connectivity index (χ1v) is 6.03. The fourth-order valence-corrected chi connectivity index (χ4v) is 1.40. The highest BCUT2D eigenvalue weighted by Gasteiger charge is 2.04. The number of hydrogen-bond acceptors (Lipinski definition) is 0. The van der Waals surface area contributed by atoms with Crippen LogP contribution in [0.25, 0.3) is 0 Å². The van der Waals surface area contributed by atoms with Crippen LogP contribution in [0.3, 0.4) is 0 Å². The van der Waals surface area contributed by atoms with Gasteiger partial charge in [0.25, 0.3) is 0 Å². The normalized spacial score (nSPS) is 13.0. The van der Waals surface area contributed by atoms with Gasteiger partial charge in [0.05, 0.1) is 0 Å². The van der Waals surface area contributed by atoms with Crippen molar-refractivity contribution in [1.82, 2.24) is 0 Å². The molecule has 0 aliphatic rings. The Balaban J connectivity index is 5.30. The highest BCUT2D eigenvalue weighted by atomic mass is 14.1. The molecule has 0 N–H and O–H groups in total. The maximum Gasteiger partial charge on any atom is -0.0267 e. The van der Waals surface area contributed by atoms with Gasteiger partial charge in [0.15, 0.2) is 0 Å². The monoisotopic (exact) mass is 230 g/mol. The van der Waals surface area contributed by atoms with E-state index >= 15 is 0 Å². The lowest BCUT2D eigenvalue weighted by molar-refractivity contribution is 1.21. The summed E-state index contributed by atoms with van der Waals surface area (Å²) >= 11 is 0. The highest BCUT2D eigenvalue weighted by Crippen LogP contribution is 2.24. The quantitative estimate of drug-likeness (QED) is 0.539. The largest absolute Gasteiger partial charge is 0.0958 e. The Morgan fingerprint density at radius 1 is 0.765 bits per heavy atom. The first-order valence-electron chi connectivity index (χ1n) is 6.03. The highest BCUT2D eigenvalue weighted by molar-refractivity contribution is 5.50. The Bertz CT molecular complexity index is 419. The average molecular weight is 230 g/mol. The minimum absolute atomic E-state index is 1.10. The lowest BCUT2D eigenvalue weighted by Crippen LogP contribution is -1.92. The van der Waals surface area contributed by atoms with E-state index in [-0.39, 0.29) is 0 Å². The van der Waals surface area contributed by atoms with Gasteiger partial charge in [-0.3, -0.25) is 0 Å². The third kappa shape index (κ3) is 4.60. The predicted octanol–water partition coefficient (Wildman–Crippen LogP) is 5.76. The zero-order chi connectivity index (χ0) is 13.7. The molecule has 0 atom stereocenters. The summed E-state index contributed by atoms with van der Waals surface area (Å²) < 4.78 is 0. The van der Waals surface area contributed by atoms with Gasteiger partial charge < -0.3 is 0 Å². The van der Waals surface area contributed by atoms with Gasteiger partial charge in [0.2, 0.25) is 0 Å². The Kier molecular flexibility index (Phi) is 5.95. The van der Waals surface area contributed by atoms with E-state index in [0.29, 0.717) is 0 Å². The van der Waals surface area contributed by atoms with Gasteiger partial charge in [-0.2, -0.15) is 0 Å². The Labute approximate surface area is 107 Å². The number of hydrogen-bond donors (Lipinski definition) is 0. The Hall–Kier alpha value is -1.30. The standard InChI is InChI=1S/C17H26/c1-11(2)13(5)10-14(6)16(8)17(9)15(7)12(3)4/h10H,3,8H2,1-2,4-7,9H3. The van der Waals surface area contributed by atoms with E-state index in [1.165, 1.54) is 27.9 Å². The molecule has 94 valence electrons. The molecule has 0 heteroatoms. The molecule has 0 rings (SSSR count). The molecule has 0 aliphatic carbocycles. The Morgan fingerprint density at radius 3 is 1.59 bits per heavy atom. The maximum absolute atomic E-state index is 4.18. The van der Waals surface area contributed by atoms with Crippen molar-refractivity contribution in [3.05, 3.63) is 58.2 Å². The second-order valence-corrected chi connectivity index (χ2v) is 5.02. The van der Waals surface area contributed by atoms with Gasteiger partial charge in [-0.25, -0.2) is 0 Å². The third-order valence-corrected chi connectivity index (χ3v) is 3.35. The predicted molar refractivity (Wildman–Crippen MR) is 80.1 cm³/mol. The summed E-state index contributed by atoms with van der Waals surface area (Å²) in [6.45, 7) is 22.9. The second kappa shape index (κ2) is 6.44. The summed E-state index contributed by atoms with van der Waals surface area (Å²) in [5, 5.41) is 0. The number of rotatable bonds is 4. The van der Waals surface area contributed by atoms with E-state index in [9.17, 15) is 0 Å². The number of allylic oxidation sites excluding steroid dienone is 8. The fraction of sp³-hybridized carbons (Fsp3) is 0.412. The summed E-state index contributed by atoms with van der Waals surface area (Å²) in [5.41, 5.74) is 8.55. The van der Waals surface area contributed by atoms with Crippen molar-refractivity contribution >= 4 is 0 Å². The fourth-order valence-electron chi connectivity index (χ4n) is 1.40. The third-order valence-electron chi connectivity index (χ3n) is 3.35. The van der Waals surface area contributed by atoms with Gasteiger partial charge in [0, 0.05) is 0 Å². The summed E-state index contributed by atoms with van der Waals surface area (Å²) in [5.74, 6) is 0. The van der Waals surface area contributed by atoms with Crippen molar-refractivity contribution in [3.63, 3.8) is 0 Å². The molecule has 0 aromatic heterocycles. The van der Waals surface area contributed by atoms with E-state index in [1.54, 1.807) is 0 Å². The van der Waals surface area contributed by atoms with Crippen LogP contribution in [0.5, 0.6) is 0 Å². The van der Waals surface area contributed by atoms with E-state index in [2.05, 4.69) is 60.8 Å².